The molecule has 0 saturated heterocycles. The zero-order valence-electron chi connectivity index (χ0n) is 10.8. The Bertz CT molecular complexity index is 509. The average molecular weight is 241 g/mol. The Kier molecular flexibility index (Phi) is 3.15. The number of aryl methyl sites for hydroxylation is 1. The fourth-order valence-corrected chi connectivity index (χ4v) is 2.05. The van der Waals surface area contributed by atoms with Gasteiger partial charge in [0.05, 0.1) is 6.54 Å². The standard InChI is InChI=1S/C15H19N3/c1-12-8-9-17-18(12)11-14-4-2-13(3-5-14)10-16-15-6-7-15/h2-5,8-9,15-16H,6-7,10-11H2,1H3. The van der Waals surface area contributed by atoms with Gasteiger partial charge in [0.1, 0.15) is 0 Å². The Hall–Kier alpha value is -1.61. The summed E-state index contributed by atoms with van der Waals surface area (Å²) in [6.45, 7) is 3.93. The number of nitrogens with zero attached hydrogens (tertiary/aromatic N) is 2. The van der Waals surface area contributed by atoms with Crippen LogP contribution in [0.1, 0.15) is 29.7 Å². The van der Waals surface area contributed by atoms with Gasteiger partial charge in [0.2, 0.25) is 0 Å². The third-order valence-electron chi connectivity index (χ3n) is 3.46. The molecule has 0 unspecified atom stereocenters. The van der Waals surface area contributed by atoms with Crippen LogP contribution in [-0.2, 0) is 13.1 Å². The first-order valence-electron chi connectivity index (χ1n) is 6.61. The maximum absolute atomic E-state index is 4.31. The van der Waals surface area contributed by atoms with Gasteiger partial charge in [-0.05, 0) is 37.0 Å². The van der Waals surface area contributed by atoms with Crippen LogP contribution in [0.25, 0.3) is 0 Å². The number of hydrogen-bond acceptors (Lipinski definition) is 2. The second-order valence-electron chi connectivity index (χ2n) is 5.10. The van der Waals surface area contributed by atoms with Gasteiger partial charge >= 0.3 is 0 Å². The normalized spacial score (nSPS) is 14.9. The predicted molar refractivity (Wildman–Crippen MR) is 72.4 cm³/mol. The fourth-order valence-electron chi connectivity index (χ4n) is 2.05. The van der Waals surface area contributed by atoms with Crippen LogP contribution >= 0.6 is 0 Å². The molecule has 1 aromatic carbocycles. The van der Waals surface area contributed by atoms with Crippen molar-refractivity contribution in [2.75, 3.05) is 0 Å². The molecule has 3 heteroatoms. The van der Waals surface area contributed by atoms with Gasteiger partial charge in [0.15, 0.2) is 0 Å². The van der Waals surface area contributed by atoms with Crippen LogP contribution in [0.2, 0.25) is 0 Å². The molecule has 3 nitrogen and oxygen atoms in total. The first kappa shape index (κ1) is 11.5. The first-order valence-corrected chi connectivity index (χ1v) is 6.61. The van der Waals surface area contributed by atoms with Crippen molar-refractivity contribution in [1.29, 1.82) is 0 Å². The van der Waals surface area contributed by atoms with Crippen LogP contribution in [0, 0.1) is 6.92 Å². The zero-order valence-corrected chi connectivity index (χ0v) is 10.8. The van der Waals surface area contributed by atoms with Crippen molar-refractivity contribution in [2.24, 2.45) is 0 Å². The summed E-state index contributed by atoms with van der Waals surface area (Å²) in [5.74, 6) is 0. The second-order valence-corrected chi connectivity index (χ2v) is 5.10. The Morgan fingerprint density at radius 3 is 2.50 bits per heavy atom. The molecule has 1 fully saturated rings. The van der Waals surface area contributed by atoms with Gasteiger partial charge in [-0.2, -0.15) is 5.10 Å². The van der Waals surface area contributed by atoms with Crippen molar-refractivity contribution >= 4 is 0 Å². The minimum Gasteiger partial charge on any atom is -0.310 e. The molecule has 94 valence electrons. The third-order valence-corrected chi connectivity index (χ3v) is 3.46. The van der Waals surface area contributed by atoms with Gasteiger partial charge in [-0.15, -0.1) is 0 Å². The maximum Gasteiger partial charge on any atom is 0.0662 e. The Balaban J connectivity index is 1.61. The quantitative estimate of drug-likeness (QED) is 0.871. The lowest BCUT2D eigenvalue weighted by Crippen LogP contribution is -2.15. The molecule has 1 aliphatic carbocycles. The highest BCUT2D eigenvalue weighted by atomic mass is 15.3. The van der Waals surface area contributed by atoms with E-state index in [9.17, 15) is 0 Å². The molecule has 0 bridgehead atoms. The van der Waals surface area contributed by atoms with Crippen molar-refractivity contribution in [3.63, 3.8) is 0 Å². The van der Waals surface area contributed by atoms with Gasteiger partial charge in [0, 0.05) is 24.5 Å². The Morgan fingerprint density at radius 1 is 1.17 bits per heavy atom. The number of hydrogen-bond donors (Lipinski definition) is 1. The summed E-state index contributed by atoms with van der Waals surface area (Å²) in [5.41, 5.74) is 3.87. The van der Waals surface area contributed by atoms with Gasteiger partial charge in [-0.3, -0.25) is 4.68 Å². The van der Waals surface area contributed by atoms with E-state index in [0.29, 0.717) is 0 Å². The molecule has 3 rings (SSSR count). The van der Waals surface area contributed by atoms with E-state index in [-0.39, 0.29) is 0 Å². The molecule has 1 N–H and O–H groups in total. The van der Waals surface area contributed by atoms with Crippen LogP contribution in [0.4, 0.5) is 0 Å². The van der Waals surface area contributed by atoms with Gasteiger partial charge in [-0.25, -0.2) is 0 Å². The maximum atomic E-state index is 4.31. The summed E-state index contributed by atoms with van der Waals surface area (Å²) in [4.78, 5) is 0. The molecule has 0 aliphatic heterocycles. The summed E-state index contributed by atoms with van der Waals surface area (Å²) < 4.78 is 2.03. The Labute approximate surface area is 108 Å². The molecule has 0 radical (unpaired) electrons. The SMILES string of the molecule is Cc1ccnn1Cc1ccc(CNC2CC2)cc1. The van der Waals surface area contributed by atoms with Crippen LogP contribution in [0.15, 0.2) is 36.5 Å². The summed E-state index contributed by atoms with van der Waals surface area (Å²) in [6, 6.07) is 11.6. The lowest BCUT2D eigenvalue weighted by molar-refractivity contribution is 0.663. The monoisotopic (exact) mass is 241 g/mol. The van der Waals surface area contributed by atoms with Crippen molar-refractivity contribution in [3.05, 3.63) is 53.3 Å². The molecule has 0 amide bonds. The highest BCUT2D eigenvalue weighted by Crippen LogP contribution is 2.19. The smallest absolute Gasteiger partial charge is 0.0662 e. The topological polar surface area (TPSA) is 29.9 Å². The minimum atomic E-state index is 0.774. The highest BCUT2D eigenvalue weighted by molar-refractivity contribution is 5.23. The summed E-state index contributed by atoms with van der Waals surface area (Å²) >= 11 is 0. The van der Waals surface area contributed by atoms with E-state index in [1.165, 1.54) is 29.7 Å². The predicted octanol–water partition coefficient (Wildman–Crippen LogP) is 2.49. The van der Waals surface area contributed by atoms with Crippen molar-refractivity contribution in [1.82, 2.24) is 15.1 Å². The van der Waals surface area contributed by atoms with Crippen molar-refractivity contribution < 1.29 is 0 Å². The molecular formula is C15H19N3. The average Bonchev–Trinajstić information content (AvgIpc) is 3.13. The first-order chi connectivity index (χ1) is 8.81. The van der Waals surface area contributed by atoms with Crippen LogP contribution in [0.3, 0.4) is 0 Å². The van der Waals surface area contributed by atoms with E-state index in [0.717, 1.165) is 19.1 Å². The minimum absolute atomic E-state index is 0.774. The van der Waals surface area contributed by atoms with E-state index in [2.05, 4.69) is 41.6 Å². The number of nitrogens with one attached hydrogen (secondary N) is 1. The van der Waals surface area contributed by atoms with E-state index >= 15 is 0 Å². The number of benzene rings is 1. The molecule has 18 heavy (non-hydrogen) atoms. The fraction of sp³-hybridized carbons (Fsp3) is 0.400. The van der Waals surface area contributed by atoms with Crippen molar-refractivity contribution in [2.45, 2.75) is 38.9 Å². The van der Waals surface area contributed by atoms with E-state index < -0.39 is 0 Å². The van der Waals surface area contributed by atoms with Gasteiger partial charge < -0.3 is 5.32 Å². The second kappa shape index (κ2) is 4.94. The molecule has 1 aliphatic rings. The summed E-state index contributed by atoms with van der Waals surface area (Å²) in [5, 5.41) is 7.84. The van der Waals surface area contributed by atoms with Crippen LogP contribution < -0.4 is 5.32 Å². The molecule has 2 aromatic rings. The van der Waals surface area contributed by atoms with Gasteiger partial charge in [0.25, 0.3) is 0 Å². The number of aromatic nitrogens is 2. The lowest BCUT2D eigenvalue weighted by Gasteiger charge is -2.07. The van der Waals surface area contributed by atoms with E-state index in [1.807, 2.05) is 16.9 Å². The summed E-state index contributed by atoms with van der Waals surface area (Å²) in [6.07, 6.45) is 4.54. The van der Waals surface area contributed by atoms with Crippen LogP contribution in [0.5, 0.6) is 0 Å². The molecule has 1 heterocycles. The molecular weight excluding hydrogens is 222 g/mol. The molecule has 1 aromatic heterocycles. The number of rotatable bonds is 5. The molecule has 1 saturated carbocycles. The Morgan fingerprint density at radius 2 is 1.89 bits per heavy atom. The van der Waals surface area contributed by atoms with E-state index in [1.54, 1.807) is 0 Å². The van der Waals surface area contributed by atoms with Crippen LogP contribution in [-0.4, -0.2) is 15.8 Å². The third kappa shape index (κ3) is 2.79. The van der Waals surface area contributed by atoms with Crippen molar-refractivity contribution in [3.8, 4) is 0 Å². The highest BCUT2D eigenvalue weighted by Gasteiger charge is 2.19. The summed E-state index contributed by atoms with van der Waals surface area (Å²) in [7, 11) is 0. The lowest BCUT2D eigenvalue weighted by atomic mass is 10.1. The molecule has 0 spiro atoms. The molecule has 0 atom stereocenters. The van der Waals surface area contributed by atoms with Gasteiger partial charge in [-0.1, -0.05) is 24.3 Å². The zero-order chi connectivity index (χ0) is 12.4. The van der Waals surface area contributed by atoms with E-state index in [4.69, 9.17) is 0 Å². The largest absolute Gasteiger partial charge is 0.310 e.